The molecule has 0 fully saturated rings. The predicted molar refractivity (Wildman–Crippen MR) is 122 cm³/mol. The third-order valence-corrected chi connectivity index (χ3v) is 6.12. The summed E-state index contributed by atoms with van der Waals surface area (Å²) >= 11 is 0. The van der Waals surface area contributed by atoms with Gasteiger partial charge in [0.1, 0.15) is 11.6 Å². The summed E-state index contributed by atoms with van der Waals surface area (Å²) in [6.45, 7) is 0. The highest BCUT2D eigenvalue weighted by atomic mass is 32.2. The molecule has 2 heterocycles. The minimum Gasteiger partial charge on any atom is -0.382 e. The largest absolute Gasteiger partial charge is 0.382 e. The lowest BCUT2D eigenvalue weighted by Gasteiger charge is -2.06. The van der Waals surface area contributed by atoms with Crippen LogP contribution >= 0.6 is 0 Å². The predicted octanol–water partition coefficient (Wildman–Crippen LogP) is 3.13. The highest BCUT2D eigenvalue weighted by Gasteiger charge is 2.19. The van der Waals surface area contributed by atoms with Crippen LogP contribution < -0.4 is 22.9 Å². The summed E-state index contributed by atoms with van der Waals surface area (Å²) in [6.07, 6.45) is 0. The van der Waals surface area contributed by atoms with Crippen LogP contribution in [0.5, 0.6) is 0 Å². The lowest BCUT2D eigenvalue weighted by molar-refractivity contribution is 0.596. The summed E-state index contributed by atoms with van der Waals surface area (Å²) in [7, 11) is -3.90. The molecule has 15 heteroatoms. The van der Waals surface area contributed by atoms with E-state index in [9.17, 15) is 8.42 Å². The van der Waals surface area contributed by atoms with Crippen LogP contribution in [0.25, 0.3) is 0 Å². The summed E-state index contributed by atoms with van der Waals surface area (Å²) in [5.41, 5.74) is 23.6. The Hall–Kier alpha value is -4.79. The maximum absolute atomic E-state index is 13.2. The third-order valence-electron chi connectivity index (χ3n) is 4.38. The van der Waals surface area contributed by atoms with E-state index in [-0.39, 0.29) is 55.8 Å². The Bertz CT molecular complexity index is 1340. The van der Waals surface area contributed by atoms with Gasteiger partial charge < -0.3 is 22.9 Å². The summed E-state index contributed by atoms with van der Waals surface area (Å²) in [4.78, 5) is 0.00833. The number of nitrogens with one attached hydrogen (secondary N) is 2. The minimum atomic E-state index is -3.90. The van der Waals surface area contributed by atoms with Crippen molar-refractivity contribution in [3.05, 3.63) is 48.5 Å². The minimum absolute atomic E-state index is 0.00417. The van der Waals surface area contributed by atoms with Gasteiger partial charge >= 0.3 is 0 Å². The molecule has 2 aromatic heterocycles. The van der Waals surface area contributed by atoms with E-state index < -0.39 is 9.84 Å². The summed E-state index contributed by atoms with van der Waals surface area (Å²) in [6, 6.07) is 11.9. The standard InChI is InChI=1S/C18H18N12O2S/c19-15-13(16(20)28-27-15)25-23-9-3-1-5-11(7-9)33(31,32)12-6-2-4-10(8-12)24-26-14-17(21)29-30-18(14)22/h1-8H,(H5,19,20,27,28)(H5,21,22,29,30). The Morgan fingerprint density at radius 3 is 1.45 bits per heavy atom. The topological polar surface area (TPSA) is 245 Å². The molecule has 0 saturated heterocycles. The second-order valence-corrected chi connectivity index (χ2v) is 8.59. The number of H-pyrrole nitrogens is 2. The zero-order valence-corrected chi connectivity index (χ0v) is 17.7. The van der Waals surface area contributed by atoms with Gasteiger partial charge in [-0.3, -0.25) is 10.2 Å². The van der Waals surface area contributed by atoms with Gasteiger partial charge in [0.25, 0.3) is 0 Å². The van der Waals surface area contributed by atoms with Gasteiger partial charge in [0.15, 0.2) is 23.0 Å². The SMILES string of the molecule is Nc1n[nH]c(N)c1N=Nc1cccc(S(=O)(=O)c2cccc(N=Nc3c(N)n[nH]c3N)c2)c1. The van der Waals surface area contributed by atoms with Crippen molar-refractivity contribution >= 4 is 55.9 Å². The van der Waals surface area contributed by atoms with Crippen LogP contribution in [-0.4, -0.2) is 28.8 Å². The van der Waals surface area contributed by atoms with Crippen LogP contribution in [-0.2, 0) is 9.84 Å². The number of nitrogens with zero attached hydrogens (tertiary/aromatic N) is 6. The first-order valence-corrected chi connectivity index (χ1v) is 10.7. The van der Waals surface area contributed by atoms with E-state index in [1.807, 2.05) is 0 Å². The Kier molecular flexibility index (Phi) is 5.45. The van der Waals surface area contributed by atoms with Crippen molar-refractivity contribution in [2.75, 3.05) is 22.9 Å². The Morgan fingerprint density at radius 1 is 0.667 bits per heavy atom. The molecule has 33 heavy (non-hydrogen) atoms. The molecule has 2 aromatic carbocycles. The van der Waals surface area contributed by atoms with Crippen molar-refractivity contribution in [1.29, 1.82) is 0 Å². The van der Waals surface area contributed by atoms with Crippen molar-refractivity contribution in [2.45, 2.75) is 9.79 Å². The zero-order valence-electron chi connectivity index (χ0n) is 16.8. The van der Waals surface area contributed by atoms with Crippen LogP contribution in [0.15, 0.2) is 78.8 Å². The first kappa shape index (κ1) is 21.4. The highest BCUT2D eigenvalue weighted by molar-refractivity contribution is 7.91. The van der Waals surface area contributed by atoms with Gasteiger partial charge in [-0.25, -0.2) is 8.42 Å². The molecule has 0 aliphatic rings. The fourth-order valence-corrected chi connectivity index (χ4v) is 4.06. The number of rotatable bonds is 6. The maximum Gasteiger partial charge on any atom is 0.206 e. The number of hydrogen-bond donors (Lipinski definition) is 6. The summed E-state index contributed by atoms with van der Waals surface area (Å²) in [5, 5.41) is 28.3. The molecule has 0 spiro atoms. The van der Waals surface area contributed by atoms with E-state index >= 15 is 0 Å². The van der Waals surface area contributed by atoms with Crippen molar-refractivity contribution in [3.8, 4) is 0 Å². The summed E-state index contributed by atoms with van der Waals surface area (Å²) < 4.78 is 26.3. The first-order chi connectivity index (χ1) is 15.8. The van der Waals surface area contributed by atoms with Crippen LogP contribution in [0.2, 0.25) is 0 Å². The van der Waals surface area contributed by atoms with Crippen molar-refractivity contribution in [3.63, 3.8) is 0 Å². The van der Waals surface area contributed by atoms with Crippen molar-refractivity contribution in [1.82, 2.24) is 20.4 Å². The number of nitrogens with two attached hydrogens (primary N) is 4. The Morgan fingerprint density at radius 2 is 1.09 bits per heavy atom. The van der Waals surface area contributed by atoms with Crippen LogP contribution in [0, 0.1) is 0 Å². The number of aromatic nitrogens is 4. The maximum atomic E-state index is 13.2. The quantitative estimate of drug-likeness (QED) is 0.230. The van der Waals surface area contributed by atoms with Crippen molar-refractivity contribution < 1.29 is 8.42 Å². The number of sulfone groups is 1. The Balaban J connectivity index is 1.62. The molecule has 0 saturated carbocycles. The van der Waals surface area contributed by atoms with Gasteiger partial charge in [0.2, 0.25) is 9.84 Å². The van der Waals surface area contributed by atoms with Crippen LogP contribution in [0.1, 0.15) is 0 Å². The number of aromatic amines is 2. The zero-order chi connectivity index (χ0) is 23.6. The smallest absolute Gasteiger partial charge is 0.206 e. The van der Waals surface area contributed by atoms with E-state index in [2.05, 4.69) is 40.9 Å². The van der Waals surface area contributed by atoms with E-state index in [0.717, 1.165) is 0 Å². The Labute approximate surface area is 186 Å². The molecule has 0 aliphatic heterocycles. The number of benzene rings is 2. The average Bonchev–Trinajstić information content (AvgIpc) is 3.31. The van der Waals surface area contributed by atoms with Crippen LogP contribution in [0.4, 0.5) is 46.0 Å². The van der Waals surface area contributed by atoms with Gasteiger partial charge in [0.05, 0.1) is 21.2 Å². The molecular formula is C18H18N12O2S. The monoisotopic (exact) mass is 466 g/mol. The van der Waals surface area contributed by atoms with E-state index in [1.165, 1.54) is 36.4 Å². The van der Waals surface area contributed by atoms with Gasteiger partial charge in [-0.05, 0) is 36.4 Å². The molecule has 0 aliphatic carbocycles. The molecule has 0 unspecified atom stereocenters. The van der Waals surface area contributed by atoms with E-state index in [1.54, 1.807) is 12.1 Å². The van der Waals surface area contributed by atoms with Gasteiger partial charge in [-0.15, -0.1) is 10.2 Å². The molecule has 4 rings (SSSR count). The van der Waals surface area contributed by atoms with Crippen molar-refractivity contribution in [2.24, 2.45) is 20.5 Å². The fourth-order valence-electron chi connectivity index (χ4n) is 2.72. The molecule has 10 N–H and O–H groups in total. The molecular weight excluding hydrogens is 448 g/mol. The molecule has 4 aromatic rings. The van der Waals surface area contributed by atoms with E-state index in [4.69, 9.17) is 22.9 Å². The highest BCUT2D eigenvalue weighted by Crippen LogP contribution is 2.32. The van der Waals surface area contributed by atoms with Gasteiger partial charge in [-0.1, -0.05) is 12.1 Å². The second-order valence-electron chi connectivity index (χ2n) is 6.64. The first-order valence-electron chi connectivity index (χ1n) is 9.23. The molecule has 0 amide bonds. The molecule has 0 atom stereocenters. The number of hydrogen-bond acceptors (Lipinski definition) is 12. The molecule has 168 valence electrons. The number of anilines is 4. The number of nitrogen functional groups attached to an aromatic ring is 4. The van der Waals surface area contributed by atoms with Gasteiger partial charge in [-0.2, -0.15) is 20.4 Å². The molecule has 0 radical (unpaired) electrons. The lowest BCUT2D eigenvalue weighted by Crippen LogP contribution is -2.01. The molecule has 0 bridgehead atoms. The lowest BCUT2D eigenvalue weighted by atomic mass is 10.3. The fraction of sp³-hybridized carbons (Fsp3) is 0. The second kappa shape index (κ2) is 8.39. The van der Waals surface area contributed by atoms with Gasteiger partial charge in [0, 0.05) is 0 Å². The average molecular weight is 466 g/mol. The normalized spacial score (nSPS) is 12.1. The van der Waals surface area contributed by atoms with E-state index in [0.29, 0.717) is 0 Å². The number of azo groups is 2. The molecule has 14 nitrogen and oxygen atoms in total. The van der Waals surface area contributed by atoms with Crippen LogP contribution in [0.3, 0.4) is 0 Å². The summed E-state index contributed by atoms with van der Waals surface area (Å²) in [5.74, 6) is 0.435. The third kappa shape index (κ3) is 4.33.